The van der Waals surface area contributed by atoms with Crippen molar-refractivity contribution in [1.82, 2.24) is 14.5 Å². The van der Waals surface area contributed by atoms with Gasteiger partial charge in [0.15, 0.2) is 5.16 Å². The van der Waals surface area contributed by atoms with Crippen molar-refractivity contribution in [1.29, 1.82) is 0 Å². The van der Waals surface area contributed by atoms with Gasteiger partial charge in [-0.05, 0) is 44.0 Å². The molecule has 0 bridgehead atoms. The second-order valence-corrected chi connectivity index (χ2v) is 9.56. The van der Waals surface area contributed by atoms with Gasteiger partial charge >= 0.3 is 0 Å². The zero-order chi connectivity index (χ0) is 22.7. The standard InChI is InChI=1S/C25H29N3O3S/c1-17(23(29)27(2)18-10-5-4-6-11-18)32-25-26-22-15-8-7-14-21(22)24(30)28(25)19-12-9-13-20(16-19)31-3/h7-9,12-18H,4-6,10-11H2,1-3H3. The number of ether oxygens (including phenoxy) is 1. The van der Waals surface area contributed by atoms with Gasteiger partial charge in [-0.1, -0.05) is 49.2 Å². The van der Waals surface area contributed by atoms with Gasteiger partial charge in [0.2, 0.25) is 5.91 Å². The zero-order valence-corrected chi connectivity index (χ0v) is 19.6. The van der Waals surface area contributed by atoms with Crippen molar-refractivity contribution in [2.45, 2.75) is 55.5 Å². The molecule has 1 aliphatic carbocycles. The van der Waals surface area contributed by atoms with Crippen LogP contribution in [-0.4, -0.2) is 45.8 Å². The van der Waals surface area contributed by atoms with Crippen molar-refractivity contribution in [3.05, 3.63) is 58.9 Å². The number of thioether (sulfide) groups is 1. The van der Waals surface area contributed by atoms with Crippen LogP contribution in [0.25, 0.3) is 16.6 Å². The summed E-state index contributed by atoms with van der Waals surface area (Å²) in [6.07, 6.45) is 5.71. The van der Waals surface area contributed by atoms with Crippen LogP contribution >= 0.6 is 11.8 Å². The van der Waals surface area contributed by atoms with Gasteiger partial charge in [0.1, 0.15) is 5.75 Å². The summed E-state index contributed by atoms with van der Waals surface area (Å²) in [6, 6.07) is 14.9. The summed E-state index contributed by atoms with van der Waals surface area (Å²) in [5, 5.41) is 0.671. The quantitative estimate of drug-likeness (QED) is 0.403. The second kappa shape index (κ2) is 9.77. The van der Waals surface area contributed by atoms with E-state index >= 15 is 0 Å². The normalized spacial score (nSPS) is 15.5. The molecule has 7 heteroatoms. The van der Waals surface area contributed by atoms with E-state index in [4.69, 9.17) is 9.72 Å². The fourth-order valence-electron chi connectivity index (χ4n) is 4.31. The predicted molar refractivity (Wildman–Crippen MR) is 129 cm³/mol. The summed E-state index contributed by atoms with van der Waals surface area (Å²) in [7, 11) is 3.50. The Hall–Kier alpha value is -2.80. The van der Waals surface area contributed by atoms with Gasteiger partial charge in [0, 0.05) is 19.2 Å². The minimum absolute atomic E-state index is 0.0708. The molecule has 0 aliphatic heterocycles. The van der Waals surface area contributed by atoms with Crippen LogP contribution in [-0.2, 0) is 4.79 Å². The number of methoxy groups -OCH3 is 1. The van der Waals surface area contributed by atoms with E-state index in [1.54, 1.807) is 17.7 Å². The average molecular weight is 452 g/mol. The highest BCUT2D eigenvalue weighted by Gasteiger charge is 2.27. The first-order chi connectivity index (χ1) is 15.5. The van der Waals surface area contributed by atoms with Crippen molar-refractivity contribution >= 4 is 28.6 Å². The summed E-state index contributed by atoms with van der Waals surface area (Å²) in [5.41, 5.74) is 1.13. The topological polar surface area (TPSA) is 64.4 Å². The molecule has 1 aliphatic rings. The Labute approximate surface area is 192 Å². The van der Waals surface area contributed by atoms with Gasteiger partial charge in [-0.15, -0.1) is 0 Å². The number of hydrogen-bond acceptors (Lipinski definition) is 5. The van der Waals surface area contributed by atoms with Gasteiger partial charge in [0.05, 0.1) is 29.0 Å². The van der Waals surface area contributed by atoms with Crippen LogP contribution in [0.1, 0.15) is 39.0 Å². The Morgan fingerprint density at radius 2 is 1.91 bits per heavy atom. The second-order valence-electron chi connectivity index (χ2n) is 8.25. The lowest BCUT2D eigenvalue weighted by atomic mass is 9.94. The van der Waals surface area contributed by atoms with Gasteiger partial charge in [0.25, 0.3) is 5.56 Å². The van der Waals surface area contributed by atoms with E-state index in [1.807, 2.05) is 61.3 Å². The predicted octanol–water partition coefficient (Wildman–Crippen LogP) is 4.67. The maximum Gasteiger partial charge on any atom is 0.266 e. The number of carbonyl (C=O) groups excluding carboxylic acids is 1. The minimum atomic E-state index is -0.369. The largest absolute Gasteiger partial charge is 0.497 e. The fourth-order valence-corrected chi connectivity index (χ4v) is 5.34. The summed E-state index contributed by atoms with van der Waals surface area (Å²) >= 11 is 1.33. The highest BCUT2D eigenvalue weighted by atomic mass is 32.2. The molecule has 1 aromatic heterocycles. The molecule has 4 rings (SSSR count). The first-order valence-corrected chi connectivity index (χ1v) is 12.0. The highest BCUT2D eigenvalue weighted by Crippen LogP contribution is 2.29. The van der Waals surface area contributed by atoms with Crippen LogP contribution in [0.2, 0.25) is 0 Å². The number of nitrogens with zero attached hydrogens (tertiary/aromatic N) is 3. The van der Waals surface area contributed by atoms with E-state index < -0.39 is 0 Å². The SMILES string of the molecule is COc1cccc(-n2c(SC(C)C(=O)N(C)C3CCCCC3)nc3ccccc3c2=O)c1. The van der Waals surface area contributed by atoms with Gasteiger partial charge < -0.3 is 9.64 Å². The van der Waals surface area contributed by atoms with Crippen molar-refractivity contribution in [2.24, 2.45) is 0 Å². The third-order valence-corrected chi connectivity index (χ3v) is 7.20. The summed E-state index contributed by atoms with van der Waals surface area (Å²) < 4.78 is 6.94. The van der Waals surface area contributed by atoms with Crippen LogP contribution in [0, 0.1) is 0 Å². The maximum absolute atomic E-state index is 13.5. The molecular formula is C25H29N3O3S. The smallest absolute Gasteiger partial charge is 0.266 e. The molecule has 168 valence electrons. The zero-order valence-electron chi connectivity index (χ0n) is 18.8. The Morgan fingerprint density at radius 3 is 2.66 bits per heavy atom. The number of para-hydroxylation sites is 1. The van der Waals surface area contributed by atoms with Crippen LogP contribution in [0.3, 0.4) is 0 Å². The van der Waals surface area contributed by atoms with E-state index in [1.165, 1.54) is 31.0 Å². The Morgan fingerprint density at radius 1 is 1.16 bits per heavy atom. The molecule has 2 aromatic carbocycles. The number of carbonyl (C=O) groups is 1. The molecule has 1 atom stereocenters. The molecule has 0 N–H and O–H groups in total. The summed E-state index contributed by atoms with van der Waals surface area (Å²) in [6.45, 7) is 1.89. The number of benzene rings is 2. The molecule has 1 unspecified atom stereocenters. The van der Waals surface area contributed by atoms with Crippen molar-refractivity contribution < 1.29 is 9.53 Å². The number of fused-ring (bicyclic) bond motifs is 1. The Kier molecular flexibility index (Phi) is 6.84. The summed E-state index contributed by atoms with van der Waals surface area (Å²) in [5.74, 6) is 0.723. The van der Waals surface area contributed by atoms with Gasteiger partial charge in [-0.25, -0.2) is 4.98 Å². The van der Waals surface area contributed by atoms with Crippen molar-refractivity contribution in [3.63, 3.8) is 0 Å². The van der Waals surface area contributed by atoms with Crippen LogP contribution in [0.15, 0.2) is 58.5 Å². The molecule has 3 aromatic rings. The number of hydrogen-bond donors (Lipinski definition) is 0. The van der Waals surface area contributed by atoms with Crippen molar-refractivity contribution in [3.8, 4) is 11.4 Å². The van der Waals surface area contributed by atoms with E-state index in [0.717, 1.165) is 12.8 Å². The molecule has 6 nitrogen and oxygen atoms in total. The molecule has 1 saturated carbocycles. The maximum atomic E-state index is 13.5. The molecule has 0 spiro atoms. The lowest BCUT2D eigenvalue weighted by Gasteiger charge is -2.32. The molecule has 32 heavy (non-hydrogen) atoms. The van der Waals surface area contributed by atoms with Crippen LogP contribution in [0.5, 0.6) is 5.75 Å². The van der Waals surface area contributed by atoms with Gasteiger partial charge in [-0.2, -0.15) is 0 Å². The van der Waals surface area contributed by atoms with Crippen LogP contribution in [0.4, 0.5) is 0 Å². The summed E-state index contributed by atoms with van der Waals surface area (Å²) in [4.78, 5) is 33.3. The lowest BCUT2D eigenvalue weighted by molar-refractivity contribution is -0.131. The lowest BCUT2D eigenvalue weighted by Crippen LogP contribution is -2.42. The van der Waals surface area contributed by atoms with Crippen molar-refractivity contribution in [2.75, 3.05) is 14.2 Å². The van der Waals surface area contributed by atoms with E-state index in [9.17, 15) is 9.59 Å². The van der Waals surface area contributed by atoms with E-state index in [0.29, 0.717) is 33.5 Å². The Balaban J connectivity index is 1.72. The molecule has 1 heterocycles. The number of aromatic nitrogens is 2. The number of rotatable bonds is 6. The number of amides is 1. The molecule has 0 saturated heterocycles. The van der Waals surface area contributed by atoms with E-state index in [-0.39, 0.29) is 16.7 Å². The average Bonchev–Trinajstić information content (AvgIpc) is 2.84. The molecular weight excluding hydrogens is 422 g/mol. The monoisotopic (exact) mass is 451 g/mol. The fraction of sp³-hybridized carbons (Fsp3) is 0.400. The first-order valence-electron chi connectivity index (χ1n) is 11.1. The van der Waals surface area contributed by atoms with Gasteiger partial charge in [-0.3, -0.25) is 14.2 Å². The molecule has 1 amide bonds. The minimum Gasteiger partial charge on any atom is -0.497 e. The highest BCUT2D eigenvalue weighted by molar-refractivity contribution is 8.00. The molecule has 0 radical (unpaired) electrons. The third kappa shape index (κ3) is 4.53. The van der Waals surface area contributed by atoms with E-state index in [2.05, 4.69) is 0 Å². The van der Waals surface area contributed by atoms with Crippen LogP contribution < -0.4 is 10.3 Å². The molecule has 1 fully saturated rings. The third-order valence-electron chi connectivity index (χ3n) is 6.16. The Bertz CT molecular complexity index is 1170. The first kappa shape index (κ1) is 22.4.